The maximum absolute atomic E-state index is 12.6. The molecule has 1 aromatic rings. The second-order valence-electron chi connectivity index (χ2n) is 2.08. The smallest absolute Gasteiger partial charge is 0.246 e. The Morgan fingerprint density at radius 3 is 2.46 bits per heavy atom. The van der Waals surface area contributed by atoms with E-state index in [9.17, 15) is 17.6 Å². The number of nitrogens with zero attached hydrogens (tertiary/aromatic N) is 1. The number of hydrogen-bond donors (Lipinski definition) is 0. The van der Waals surface area contributed by atoms with E-state index in [2.05, 4.69) is 4.98 Å². The molecule has 1 nitrogen and oxygen atoms in total. The van der Waals surface area contributed by atoms with Gasteiger partial charge in [0.25, 0.3) is 0 Å². The molecular weight excluding hydrogens is 230 g/mol. The lowest BCUT2D eigenvalue weighted by atomic mass is 10.2. The lowest BCUT2D eigenvalue weighted by Gasteiger charge is -2.07. The van der Waals surface area contributed by atoms with Gasteiger partial charge in [-0.1, -0.05) is 0 Å². The summed E-state index contributed by atoms with van der Waals surface area (Å²) in [6.07, 6.45) is -4.22. The van der Waals surface area contributed by atoms with Gasteiger partial charge in [-0.05, 0) is 16.7 Å². The van der Waals surface area contributed by atoms with E-state index >= 15 is 0 Å². The molecule has 0 saturated heterocycles. The molecule has 0 aliphatic rings. The van der Waals surface area contributed by atoms with Crippen LogP contribution in [-0.4, -0.2) is 4.98 Å². The van der Waals surface area contributed by atoms with Crippen LogP contribution in [0.5, 0.6) is 0 Å². The van der Waals surface area contributed by atoms with Crippen molar-refractivity contribution in [3.8, 4) is 0 Å². The maximum Gasteiger partial charge on any atom is 0.419 e. The first-order valence-corrected chi connectivity index (χ1v) is 4.60. The van der Waals surface area contributed by atoms with Gasteiger partial charge in [-0.15, -0.1) is 0 Å². The molecule has 0 saturated carbocycles. The molecule has 0 atom stereocenters. The molecule has 7 heteroatoms. The fourth-order valence-corrected chi connectivity index (χ4v) is 1.19. The van der Waals surface area contributed by atoms with Crippen LogP contribution in [0.1, 0.15) is 5.56 Å². The summed E-state index contributed by atoms with van der Waals surface area (Å²) in [4.78, 5) is 3.33. The lowest BCUT2D eigenvalue weighted by molar-refractivity contribution is -0.140. The molecule has 0 N–H and O–H groups in total. The van der Waals surface area contributed by atoms with Crippen LogP contribution in [0.25, 0.3) is 0 Å². The number of rotatable bonds is 1. The van der Waals surface area contributed by atoms with E-state index in [1.54, 1.807) is 0 Å². The Balaban J connectivity index is 3.19. The molecule has 0 unspecified atom stereocenters. The molecule has 0 radical (unpaired) electrons. The van der Waals surface area contributed by atoms with Crippen LogP contribution in [0.3, 0.4) is 0 Å². The second kappa shape index (κ2) is 3.71. The summed E-state index contributed by atoms with van der Waals surface area (Å²) in [6, 6.07) is 0.562. The number of pyridine rings is 1. The Labute approximate surface area is 79.6 Å². The Kier molecular flexibility index (Phi) is 3.02. The molecule has 1 rings (SSSR count). The number of aromatic nitrogens is 1. The monoisotopic (exact) mass is 231 g/mol. The molecule has 1 aromatic heterocycles. The standard InChI is InChI=1S/C6H2ClF4NS/c7-13-5-1-3(6(9,10)11)4(8)2-12-5/h1-2H. The Bertz CT molecular complexity index is 314. The first-order chi connectivity index (χ1) is 5.95. The van der Waals surface area contributed by atoms with Crippen molar-refractivity contribution in [3.05, 3.63) is 23.6 Å². The predicted octanol–water partition coefficient (Wildman–Crippen LogP) is 3.49. The molecule has 0 aromatic carbocycles. The minimum absolute atomic E-state index is 0.0876. The number of hydrogen-bond acceptors (Lipinski definition) is 2. The highest BCUT2D eigenvalue weighted by Gasteiger charge is 2.34. The largest absolute Gasteiger partial charge is 0.419 e. The quantitative estimate of drug-likeness (QED) is 0.687. The van der Waals surface area contributed by atoms with E-state index in [0.717, 1.165) is 0 Å². The third kappa shape index (κ3) is 2.47. The van der Waals surface area contributed by atoms with Gasteiger partial charge in [0.15, 0.2) is 5.82 Å². The normalized spacial score (nSPS) is 11.8. The van der Waals surface area contributed by atoms with E-state index in [-0.39, 0.29) is 5.03 Å². The molecule has 0 fully saturated rings. The minimum atomic E-state index is -4.71. The van der Waals surface area contributed by atoms with Crippen molar-refractivity contribution < 1.29 is 17.6 Å². The van der Waals surface area contributed by atoms with Crippen LogP contribution in [0.2, 0.25) is 0 Å². The van der Waals surface area contributed by atoms with Crippen molar-refractivity contribution in [1.29, 1.82) is 0 Å². The van der Waals surface area contributed by atoms with Crippen molar-refractivity contribution in [1.82, 2.24) is 4.98 Å². The van der Waals surface area contributed by atoms with E-state index in [4.69, 9.17) is 10.7 Å². The second-order valence-corrected chi connectivity index (χ2v) is 3.11. The van der Waals surface area contributed by atoms with Gasteiger partial charge in [0, 0.05) is 11.0 Å². The molecule has 1 heterocycles. The van der Waals surface area contributed by atoms with Gasteiger partial charge in [0.05, 0.1) is 11.8 Å². The SMILES string of the molecule is Fc1cnc(SCl)cc1C(F)(F)F. The highest BCUT2D eigenvalue weighted by Crippen LogP contribution is 2.33. The van der Waals surface area contributed by atoms with Crippen LogP contribution < -0.4 is 0 Å². The number of halogens is 5. The van der Waals surface area contributed by atoms with Crippen LogP contribution in [0.15, 0.2) is 17.3 Å². The fourth-order valence-electron chi connectivity index (χ4n) is 0.679. The van der Waals surface area contributed by atoms with Gasteiger partial charge in [-0.2, -0.15) is 13.2 Å². The van der Waals surface area contributed by atoms with Crippen LogP contribution in [-0.2, 0) is 6.18 Å². The van der Waals surface area contributed by atoms with Gasteiger partial charge in [-0.3, -0.25) is 0 Å². The molecular formula is C6H2ClF4NS. The molecule has 0 bridgehead atoms. The Morgan fingerprint density at radius 2 is 2.00 bits per heavy atom. The van der Waals surface area contributed by atoms with E-state index in [1.807, 2.05) is 0 Å². The molecule has 0 aliphatic carbocycles. The number of alkyl halides is 3. The summed E-state index contributed by atoms with van der Waals surface area (Å²) in [5.41, 5.74) is -1.36. The maximum atomic E-state index is 12.6. The van der Waals surface area contributed by atoms with E-state index in [0.29, 0.717) is 23.2 Å². The minimum Gasteiger partial charge on any atom is -0.246 e. The van der Waals surface area contributed by atoms with Crippen LogP contribution in [0.4, 0.5) is 17.6 Å². The lowest BCUT2D eigenvalue weighted by Crippen LogP contribution is -2.08. The van der Waals surface area contributed by atoms with Gasteiger partial charge in [0.2, 0.25) is 0 Å². The fraction of sp³-hybridized carbons (Fsp3) is 0.167. The Hall–Kier alpha value is -0.490. The van der Waals surface area contributed by atoms with Crippen molar-refractivity contribution in [3.63, 3.8) is 0 Å². The topological polar surface area (TPSA) is 12.9 Å². The summed E-state index contributed by atoms with van der Waals surface area (Å²) in [5, 5.41) is -0.0876. The van der Waals surface area contributed by atoms with Gasteiger partial charge >= 0.3 is 6.18 Å². The molecule has 0 spiro atoms. The summed E-state index contributed by atoms with van der Waals surface area (Å²) in [6.45, 7) is 0. The van der Waals surface area contributed by atoms with Crippen molar-refractivity contribution in [2.75, 3.05) is 0 Å². The summed E-state index contributed by atoms with van der Waals surface area (Å²) in [7, 11) is 5.67. The van der Waals surface area contributed by atoms with Crippen LogP contribution >= 0.6 is 21.7 Å². The summed E-state index contributed by atoms with van der Waals surface area (Å²) < 4.78 is 48.7. The zero-order valence-electron chi connectivity index (χ0n) is 5.90. The molecule has 72 valence electrons. The first kappa shape index (κ1) is 10.6. The third-order valence-corrected chi connectivity index (χ3v) is 2.07. The van der Waals surface area contributed by atoms with E-state index < -0.39 is 17.6 Å². The van der Waals surface area contributed by atoms with Gasteiger partial charge in [-0.25, -0.2) is 9.37 Å². The third-order valence-electron chi connectivity index (χ3n) is 1.21. The van der Waals surface area contributed by atoms with Crippen molar-refractivity contribution >= 4 is 21.7 Å². The summed E-state index contributed by atoms with van der Waals surface area (Å²) in [5.74, 6) is -1.40. The van der Waals surface area contributed by atoms with E-state index in [1.165, 1.54) is 0 Å². The molecule has 13 heavy (non-hydrogen) atoms. The average molecular weight is 232 g/mol. The molecule has 0 aliphatic heterocycles. The van der Waals surface area contributed by atoms with Gasteiger partial charge < -0.3 is 0 Å². The van der Waals surface area contributed by atoms with Crippen molar-refractivity contribution in [2.45, 2.75) is 11.2 Å². The summed E-state index contributed by atoms with van der Waals surface area (Å²) >= 11 is 0. The van der Waals surface area contributed by atoms with Gasteiger partial charge in [0.1, 0.15) is 5.03 Å². The zero-order chi connectivity index (χ0) is 10.1. The first-order valence-electron chi connectivity index (χ1n) is 2.96. The average Bonchev–Trinajstić information content (AvgIpc) is 2.03. The Morgan fingerprint density at radius 1 is 1.38 bits per heavy atom. The van der Waals surface area contributed by atoms with Crippen LogP contribution in [0, 0.1) is 5.82 Å². The van der Waals surface area contributed by atoms with Crippen molar-refractivity contribution in [2.24, 2.45) is 0 Å². The highest BCUT2D eigenvalue weighted by atomic mass is 35.7. The highest BCUT2D eigenvalue weighted by molar-refractivity contribution is 8.21. The molecule has 0 amide bonds. The predicted molar refractivity (Wildman–Crippen MR) is 40.9 cm³/mol. The zero-order valence-corrected chi connectivity index (χ0v) is 7.47.